The second-order valence-electron chi connectivity index (χ2n) is 8.28. The number of likely N-dealkylation sites (N-methyl/N-ethyl adjacent to an activating group) is 1. The smallest absolute Gasteiger partial charge is 0.276 e. The van der Waals surface area contributed by atoms with Crippen molar-refractivity contribution in [2.24, 2.45) is 5.73 Å². The van der Waals surface area contributed by atoms with Crippen LogP contribution in [-0.4, -0.2) is 56.8 Å². The van der Waals surface area contributed by atoms with Crippen molar-refractivity contribution in [3.8, 4) is 0 Å². The summed E-state index contributed by atoms with van der Waals surface area (Å²) in [4.78, 5) is 44.2. The molecule has 3 aromatic rings. The Hall–Kier alpha value is -4.38. The fourth-order valence-electron chi connectivity index (χ4n) is 3.28. The molecule has 1 saturated carbocycles. The summed E-state index contributed by atoms with van der Waals surface area (Å²) in [5.74, 6) is -0.0140. The van der Waals surface area contributed by atoms with E-state index in [1.165, 1.54) is 17.4 Å². The van der Waals surface area contributed by atoms with Crippen LogP contribution in [0.25, 0.3) is 0 Å². The molecule has 2 amide bonds. The van der Waals surface area contributed by atoms with Gasteiger partial charge in [-0.25, -0.2) is 19.9 Å². The van der Waals surface area contributed by atoms with E-state index in [0.29, 0.717) is 23.1 Å². The summed E-state index contributed by atoms with van der Waals surface area (Å²) in [6.45, 7) is 0. The second-order valence-corrected chi connectivity index (χ2v) is 8.28. The summed E-state index contributed by atoms with van der Waals surface area (Å²) >= 11 is 0. The van der Waals surface area contributed by atoms with Gasteiger partial charge in [-0.3, -0.25) is 9.59 Å². The van der Waals surface area contributed by atoms with Crippen molar-refractivity contribution in [1.29, 1.82) is 0 Å². The molecule has 180 valence electrons. The van der Waals surface area contributed by atoms with Gasteiger partial charge in [0.1, 0.15) is 18.2 Å². The van der Waals surface area contributed by atoms with Gasteiger partial charge in [0.25, 0.3) is 5.91 Å². The van der Waals surface area contributed by atoms with E-state index in [4.69, 9.17) is 5.73 Å². The summed E-state index contributed by atoms with van der Waals surface area (Å²) in [5.41, 5.74) is 8.49. The molecule has 0 radical (unpaired) electrons. The van der Waals surface area contributed by atoms with Crippen LogP contribution in [0.4, 0.5) is 17.2 Å². The first-order chi connectivity index (χ1) is 16.9. The molecule has 0 bridgehead atoms. The first-order valence-corrected chi connectivity index (χ1v) is 11.1. The average molecular weight is 474 g/mol. The van der Waals surface area contributed by atoms with Gasteiger partial charge in [-0.2, -0.15) is 0 Å². The topological polar surface area (TPSA) is 151 Å². The quantitative estimate of drug-likeness (QED) is 0.366. The minimum absolute atomic E-state index is 0.173. The average Bonchev–Trinajstić information content (AvgIpc) is 3.72. The molecule has 3 heterocycles. The third kappa shape index (κ3) is 6.15. The molecule has 4 rings (SSSR count). The zero-order chi connectivity index (χ0) is 24.8. The fourth-order valence-corrected chi connectivity index (χ4v) is 3.28. The molecule has 0 spiro atoms. The van der Waals surface area contributed by atoms with Gasteiger partial charge in [-0.05, 0) is 37.1 Å². The van der Waals surface area contributed by atoms with E-state index in [2.05, 4.69) is 35.9 Å². The lowest BCUT2D eigenvalue weighted by molar-refractivity contribution is -0.129. The molecule has 1 unspecified atom stereocenters. The van der Waals surface area contributed by atoms with E-state index in [0.717, 1.165) is 18.5 Å². The van der Waals surface area contributed by atoms with Crippen LogP contribution in [0.1, 0.15) is 34.9 Å². The number of hydrogen-bond acceptors (Lipinski definition) is 9. The van der Waals surface area contributed by atoms with Crippen molar-refractivity contribution in [3.63, 3.8) is 0 Å². The van der Waals surface area contributed by atoms with Crippen LogP contribution >= 0.6 is 0 Å². The number of anilines is 3. The lowest BCUT2D eigenvalue weighted by atomic mass is 10.1. The van der Waals surface area contributed by atoms with Crippen LogP contribution in [0.5, 0.6) is 0 Å². The lowest BCUT2D eigenvalue weighted by Gasteiger charge is -2.21. The first kappa shape index (κ1) is 23.8. The monoisotopic (exact) mass is 473 g/mol. The number of nitrogens with two attached hydrogens (primary N) is 1. The number of amides is 2. The summed E-state index contributed by atoms with van der Waals surface area (Å²) in [6.07, 6.45) is 9.77. The Morgan fingerprint density at radius 1 is 1.14 bits per heavy atom. The van der Waals surface area contributed by atoms with E-state index in [1.54, 1.807) is 44.8 Å². The number of nitrogens with zero attached hydrogens (tertiary/aromatic N) is 5. The number of pyridine rings is 2. The molecule has 0 saturated heterocycles. The van der Waals surface area contributed by atoms with Gasteiger partial charge in [0.15, 0.2) is 5.69 Å². The van der Waals surface area contributed by atoms with E-state index in [9.17, 15) is 9.59 Å². The van der Waals surface area contributed by atoms with Gasteiger partial charge < -0.3 is 26.6 Å². The summed E-state index contributed by atoms with van der Waals surface area (Å²) in [5, 5.41) is 8.90. The summed E-state index contributed by atoms with van der Waals surface area (Å²) in [6, 6.07) is 7.94. The molecule has 1 atom stereocenters. The fraction of sp³-hybridized carbons (Fsp3) is 0.250. The molecular formula is C24H27N9O2. The Labute approximate surface area is 202 Å². The van der Waals surface area contributed by atoms with Crippen molar-refractivity contribution in [3.05, 3.63) is 78.5 Å². The van der Waals surface area contributed by atoms with Gasteiger partial charge in [-0.1, -0.05) is 6.07 Å². The SMILES string of the molecule is CN(C)C(=O)C(N)/C(=C\Nc1ccccn1)NC(=O)c1nc(C2CC2)ccc1Nc1cncnc1. The van der Waals surface area contributed by atoms with E-state index >= 15 is 0 Å². The molecule has 11 heteroatoms. The number of carbonyl (C=O) groups excluding carboxylic acids is 2. The second kappa shape index (κ2) is 10.7. The third-order valence-corrected chi connectivity index (χ3v) is 5.31. The minimum Gasteiger partial charge on any atom is -0.351 e. The Morgan fingerprint density at radius 2 is 1.91 bits per heavy atom. The maximum Gasteiger partial charge on any atom is 0.276 e. The minimum atomic E-state index is -1.12. The van der Waals surface area contributed by atoms with E-state index in [1.807, 2.05) is 18.2 Å². The van der Waals surface area contributed by atoms with Crippen molar-refractivity contribution >= 4 is 29.0 Å². The highest BCUT2D eigenvalue weighted by Crippen LogP contribution is 2.39. The van der Waals surface area contributed by atoms with Crippen molar-refractivity contribution in [1.82, 2.24) is 30.2 Å². The highest BCUT2D eigenvalue weighted by molar-refractivity contribution is 6.00. The zero-order valence-corrected chi connectivity index (χ0v) is 19.5. The highest BCUT2D eigenvalue weighted by atomic mass is 16.2. The Morgan fingerprint density at radius 3 is 2.57 bits per heavy atom. The van der Waals surface area contributed by atoms with Gasteiger partial charge in [0.2, 0.25) is 5.91 Å². The zero-order valence-electron chi connectivity index (χ0n) is 19.5. The molecule has 5 N–H and O–H groups in total. The van der Waals surface area contributed by atoms with Gasteiger partial charge in [0.05, 0.1) is 29.5 Å². The molecule has 3 aromatic heterocycles. The maximum atomic E-state index is 13.5. The molecule has 1 fully saturated rings. The first-order valence-electron chi connectivity index (χ1n) is 11.1. The number of rotatable bonds is 9. The predicted molar refractivity (Wildman–Crippen MR) is 132 cm³/mol. The lowest BCUT2D eigenvalue weighted by Crippen LogP contribution is -2.46. The third-order valence-electron chi connectivity index (χ3n) is 5.31. The maximum absolute atomic E-state index is 13.5. The Bertz CT molecular complexity index is 1210. The van der Waals surface area contributed by atoms with Crippen molar-refractivity contribution in [2.45, 2.75) is 24.8 Å². The van der Waals surface area contributed by atoms with E-state index < -0.39 is 11.9 Å². The van der Waals surface area contributed by atoms with Crippen LogP contribution in [0.15, 0.2) is 67.1 Å². The number of nitrogens with one attached hydrogen (secondary N) is 3. The highest BCUT2D eigenvalue weighted by Gasteiger charge is 2.28. The van der Waals surface area contributed by atoms with Gasteiger partial charge in [0, 0.05) is 38.1 Å². The molecular weight excluding hydrogens is 446 g/mol. The normalized spacial score (nSPS) is 14.1. The van der Waals surface area contributed by atoms with Crippen LogP contribution < -0.4 is 21.7 Å². The van der Waals surface area contributed by atoms with Crippen LogP contribution in [0, 0.1) is 0 Å². The van der Waals surface area contributed by atoms with Crippen molar-refractivity contribution in [2.75, 3.05) is 24.7 Å². The Kier molecular flexibility index (Phi) is 7.27. The predicted octanol–water partition coefficient (Wildman–Crippen LogP) is 1.99. The molecule has 1 aliphatic rings. The van der Waals surface area contributed by atoms with E-state index in [-0.39, 0.29) is 17.3 Å². The Balaban J connectivity index is 1.64. The summed E-state index contributed by atoms with van der Waals surface area (Å²) < 4.78 is 0. The standard InChI is InChI=1S/C24H27N9O2/c1-33(2)24(35)21(25)19(13-29-20-5-3-4-10-28-20)32-23(34)22-18(30-16-11-26-14-27-12-16)9-8-17(31-22)15-6-7-15/h3-5,8-15,21,30H,6-7,25H2,1-2H3,(H,28,29)(H,32,34)/b19-13+. The molecule has 1 aliphatic carbocycles. The molecule has 35 heavy (non-hydrogen) atoms. The summed E-state index contributed by atoms with van der Waals surface area (Å²) in [7, 11) is 3.19. The molecule has 11 nitrogen and oxygen atoms in total. The van der Waals surface area contributed by atoms with Crippen LogP contribution in [-0.2, 0) is 4.79 Å². The van der Waals surface area contributed by atoms with Gasteiger partial charge >= 0.3 is 0 Å². The largest absolute Gasteiger partial charge is 0.351 e. The molecule has 0 aromatic carbocycles. The van der Waals surface area contributed by atoms with Crippen molar-refractivity contribution < 1.29 is 9.59 Å². The number of carbonyl (C=O) groups is 2. The number of aromatic nitrogens is 4. The van der Waals surface area contributed by atoms with Crippen LogP contribution in [0.2, 0.25) is 0 Å². The van der Waals surface area contributed by atoms with Gasteiger partial charge in [-0.15, -0.1) is 0 Å². The number of hydrogen-bond donors (Lipinski definition) is 4. The van der Waals surface area contributed by atoms with Crippen LogP contribution in [0.3, 0.4) is 0 Å². The molecule has 0 aliphatic heterocycles.